The molecule has 1 fully saturated rings. The van der Waals surface area contributed by atoms with E-state index in [1.807, 2.05) is 29.2 Å². The van der Waals surface area contributed by atoms with Crippen molar-refractivity contribution in [2.24, 2.45) is 0 Å². The molecule has 0 aliphatic carbocycles. The Balaban J connectivity index is 1.29. The highest BCUT2D eigenvalue weighted by molar-refractivity contribution is 7.99. The van der Waals surface area contributed by atoms with Crippen LogP contribution < -0.4 is 5.84 Å². The van der Waals surface area contributed by atoms with Crippen LogP contribution in [0.1, 0.15) is 4.88 Å². The zero-order valence-electron chi connectivity index (χ0n) is 16.0. The fourth-order valence-corrected chi connectivity index (χ4v) is 5.34. The molecule has 2 aromatic heterocycles. The fourth-order valence-electron chi connectivity index (χ4n) is 3.23. The largest absolute Gasteiger partial charge is 0.339 e. The van der Waals surface area contributed by atoms with Gasteiger partial charge in [-0.3, -0.25) is 9.69 Å². The maximum atomic E-state index is 12.6. The average molecular weight is 483 g/mol. The minimum absolute atomic E-state index is 0.0705. The number of halogens is 2. The maximum absolute atomic E-state index is 12.6. The zero-order chi connectivity index (χ0) is 21.1. The molecule has 7 nitrogen and oxygen atoms in total. The molecule has 1 aliphatic heterocycles. The van der Waals surface area contributed by atoms with E-state index in [0.29, 0.717) is 34.7 Å². The molecular weight excluding hydrogens is 463 g/mol. The van der Waals surface area contributed by atoms with E-state index in [-0.39, 0.29) is 11.7 Å². The number of rotatable bonds is 6. The van der Waals surface area contributed by atoms with Gasteiger partial charge in [0.15, 0.2) is 5.82 Å². The zero-order valence-corrected chi connectivity index (χ0v) is 19.1. The number of nitrogens with two attached hydrogens (primary N) is 1. The number of thioether (sulfide) groups is 1. The Morgan fingerprint density at radius 3 is 2.57 bits per heavy atom. The summed E-state index contributed by atoms with van der Waals surface area (Å²) in [4.78, 5) is 18.1. The van der Waals surface area contributed by atoms with Gasteiger partial charge in [0.25, 0.3) is 0 Å². The van der Waals surface area contributed by atoms with Crippen molar-refractivity contribution in [2.45, 2.75) is 11.7 Å². The Labute approximate surface area is 192 Å². The molecule has 3 aromatic rings. The number of amides is 1. The Hall–Kier alpha value is -1.78. The van der Waals surface area contributed by atoms with Gasteiger partial charge in [-0.2, -0.15) is 0 Å². The predicted molar refractivity (Wildman–Crippen MR) is 123 cm³/mol. The lowest BCUT2D eigenvalue weighted by Gasteiger charge is -2.34. The van der Waals surface area contributed by atoms with Gasteiger partial charge >= 0.3 is 0 Å². The quantitative estimate of drug-likeness (QED) is 0.427. The van der Waals surface area contributed by atoms with Crippen molar-refractivity contribution < 1.29 is 4.79 Å². The van der Waals surface area contributed by atoms with Crippen LogP contribution in [0.5, 0.6) is 0 Å². The van der Waals surface area contributed by atoms with Crippen LogP contribution in [0.15, 0.2) is 41.6 Å². The SMILES string of the molecule is Nn1c(SCC(=O)N2CCN(Cc3ccc(Cl)s3)CC2)nnc1-c1ccccc1Cl. The Morgan fingerprint density at radius 1 is 1.10 bits per heavy atom. The summed E-state index contributed by atoms with van der Waals surface area (Å²) in [6, 6.07) is 11.3. The lowest BCUT2D eigenvalue weighted by Crippen LogP contribution is -2.48. The van der Waals surface area contributed by atoms with Crippen LogP contribution >= 0.6 is 46.3 Å². The van der Waals surface area contributed by atoms with E-state index in [2.05, 4.69) is 21.2 Å². The topological polar surface area (TPSA) is 80.3 Å². The maximum Gasteiger partial charge on any atom is 0.233 e. The molecule has 4 rings (SSSR count). The van der Waals surface area contributed by atoms with E-state index in [1.165, 1.54) is 21.3 Å². The molecule has 0 unspecified atom stereocenters. The van der Waals surface area contributed by atoms with Gasteiger partial charge < -0.3 is 10.7 Å². The van der Waals surface area contributed by atoms with Crippen LogP contribution in [-0.4, -0.2) is 62.5 Å². The highest BCUT2D eigenvalue weighted by Crippen LogP contribution is 2.28. The van der Waals surface area contributed by atoms with Crippen LogP contribution in [0.2, 0.25) is 9.36 Å². The first-order chi connectivity index (χ1) is 14.5. The number of nitrogen functional groups attached to an aromatic ring is 1. The lowest BCUT2D eigenvalue weighted by molar-refractivity contribution is -0.130. The molecule has 1 amide bonds. The van der Waals surface area contributed by atoms with Crippen molar-refractivity contribution in [3.8, 4) is 11.4 Å². The van der Waals surface area contributed by atoms with Gasteiger partial charge in [-0.25, -0.2) is 4.68 Å². The van der Waals surface area contributed by atoms with E-state index < -0.39 is 0 Å². The lowest BCUT2D eigenvalue weighted by atomic mass is 10.2. The first kappa shape index (κ1) is 21.5. The third kappa shape index (κ3) is 4.92. The summed E-state index contributed by atoms with van der Waals surface area (Å²) >= 11 is 15.1. The van der Waals surface area contributed by atoms with E-state index >= 15 is 0 Å². The summed E-state index contributed by atoms with van der Waals surface area (Å²) in [5, 5.41) is 9.27. The van der Waals surface area contributed by atoms with Crippen LogP contribution in [0.3, 0.4) is 0 Å². The smallest absolute Gasteiger partial charge is 0.233 e. The van der Waals surface area contributed by atoms with Gasteiger partial charge in [-0.1, -0.05) is 47.1 Å². The Kier molecular flexibility index (Phi) is 6.84. The number of nitrogens with zero attached hydrogens (tertiary/aromatic N) is 5. The number of benzene rings is 1. The average Bonchev–Trinajstić information content (AvgIpc) is 3.32. The van der Waals surface area contributed by atoms with Crippen molar-refractivity contribution in [1.29, 1.82) is 0 Å². The second kappa shape index (κ2) is 9.57. The summed E-state index contributed by atoms with van der Waals surface area (Å²) in [7, 11) is 0. The molecular formula is C19H20Cl2N6OS2. The summed E-state index contributed by atoms with van der Waals surface area (Å²) in [5.41, 5.74) is 0.704. The number of carbonyl (C=O) groups excluding carboxylic acids is 1. The highest BCUT2D eigenvalue weighted by atomic mass is 35.5. The minimum atomic E-state index is 0.0705. The van der Waals surface area contributed by atoms with Crippen LogP contribution in [0, 0.1) is 0 Å². The van der Waals surface area contributed by atoms with Gasteiger partial charge in [-0.05, 0) is 24.3 Å². The van der Waals surface area contributed by atoms with Crippen molar-refractivity contribution in [2.75, 3.05) is 37.8 Å². The monoisotopic (exact) mass is 482 g/mol. The molecule has 1 saturated heterocycles. The molecule has 3 heterocycles. The molecule has 0 spiro atoms. The number of hydrogen-bond acceptors (Lipinski definition) is 7. The molecule has 11 heteroatoms. The van der Waals surface area contributed by atoms with Crippen molar-refractivity contribution in [1.82, 2.24) is 24.7 Å². The number of carbonyl (C=O) groups is 1. The molecule has 158 valence electrons. The van der Waals surface area contributed by atoms with Crippen LogP contribution in [0.4, 0.5) is 0 Å². The first-order valence-electron chi connectivity index (χ1n) is 9.34. The van der Waals surface area contributed by atoms with Crippen LogP contribution in [0.25, 0.3) is 11.4 Å². The summed E-state index contributed by atoms with van der Waals surface area (Å²) in [5.74, 6) is 6.94. The normalized spacial score (nSPS) is 14.9. The Bertz CT molecular complexity index is 1030. The Morgan fingerprint density at radius 2 is 1.87 bits per heavy atom. The molecule has 30 heavy (non-hydrogen) atoms. The van der Waals surface area contributed by atoms with Gasteiger partial charge in [0.05, 0.1) is 15.1 Å². The van der Waals surface area contributed by atoms with Crippen LogP contribution in [-0.2, 0) is 11.3 Å². The second-order valence-corrected chi connectivity index (χ2v) is 9.96. The summed E-state index contributed by atoms with van der Waals surface area (Å²) in [6.07, 6.45) is 0. The molecule has 0 saturated carbocycles. The second-order valence-electron chi connectivity index (χ2n) is 6.81. The standard InChI is InChI=1S/C19H20Cl2N6OS2/c20-15-4-2-1-3-14(15)18-23-24-19(27(18)22)29-12-17(28)26-9-7-25(8-10-26)11-13-5-6-16(21)30-13/h1-6H,7-12,22H2. The van der Waals surface area contributed by atoms with E-state index in [9.17, 15) is 4.79 Å². The molecule has 0 atom stereocenters. The minimum Gasteiger partial charge on any atom is -0.339 e. The van der Waals surface area contributed by atoms with E-state index in [0.717, 1.165) is 24.0 Å². The number of aromatic nitrogens is 3. The number of thiophene rings is 1. The van der Waals surface area contributed by atoms with E-state index in [1.54, 1.807) is 17.4 Å². The number of hydrogen-bond donors (Lipinski definition) is 1. The first-order valence-corrected chi connectivity index (χ1v) is 11.9. The predicted octanol–water partition coefficient (Wildman–Crippen LogP) is 3.46. The molecule has 0 radical (unpaired) electrons. The molecule has 1 aromatic carbocycles. The van der Waals surface area contributed by atoms with Crippen molar-refractivity contribution >= 4 is 52.2 Å². The molecule has 1 aliphatic rings. The van der Waals surface area contributed by atoms with Crippen molar-refractivity contribution in [3.63, 3.8) is 0 Å². The summed E-state index contributed by atoms with van der Waals surface area (Å²) in [6.45, 7) is 3.97. The van der Waals surface area contributed by atoms with Crippen molar-refractivity contribution in [3.05, 3.63) is 50.6 Å². The molecule has 0 bridgehead atoms. The number of piperazine rings is 1. The van der Waals surface area contributed by atoms with Gasteiger partial charge in [0, 0.05) is 43.2 Å². The van der Waals surface area contributed by atoms with Gasteiger partial charge in [-0.15, -0.1) is 21.5 Å². The highest BCUT2D eigenvalue weighted by Gasteiger charge is 2.23. The third-order valence-electron chi connectivity index (χ3n) is 4.84. The fraction of sp³-hybridized carbons (Fsp3) is 0.316. The van der Waals surface area contributed by atoms with E-state index in [4.69, 9.17) is 29.0 Å². The summed E-state index contributed by atoms with van der Waals surface area (Å²) < 4.78 is 2.18. The third-order valence-corrected chi connectivity index (χ3v) is 7.31. The van der Waals surface area contributed by atoms with Gasteiger partial charge in [0.2, 0.25) is 11.1 Å². The van der Waals surface area contributed by atoms with Gasteiger partial charge in [0.1, 0.15) is 0 Å². The molecule has 2 N–H and O–H groups in total.